The van der Waals surface area contributed by atoms with Crippen LogP contribution in [0.3, 0.4) is 0 Å². The van der Waals surface area contributed by atoms with E-state index in [9.17, 15) is 13.2 Å². The van der Waals surface area contributed by atoms with Crippen molar-refractivity contribution < 1.29 is 17.9 Å². The number of rotatable bonds is 9. The fourth-order valence-corrected chi connectivity index (χ4v) is 5.85. The summed E-state index contributed by atoms with van der Waals surface area (Å²) in [7, 11) is -3.52. The molecule has 32 heavy (non-hydrogen) atoms. The van der Waals surface area contributed by atoms with Gasteiger partial charge in [0.25, 0.3) is 0 Å². The number of ether oxygens (including phenoxy) is 1. The van der Waals surface area contributed by atoms with Gasteiger partial charge >= 0.3 is 6.09 Å². The predicted molar refractivity (Wildman–Crippen MR) is 128 cm³/mol. The summed E-state index contributed by atoms with van der Waals surface area (Å²) in [5, 5.41) is 6.10. The summed E-state index contributed by atoms with van der Waals surface area (Å²) >= 11 is 0. The Bertz CT molecular complexity index is 835. The van der Waals surface area contributed by atoms with Crippen molar-refractivity contribution in [3.05, 3.63) is 30.3 Å². The number of nitrogens with one attached hydrogen (secondary N) is 2. The molecule has 1 amide bonds. The van der Waals surface area contributed by atoms with Crippen LogP contribution in [0, 0.1) is 17.8 Å². The van der Waals surface area contributed by atoms with Crippen LogP contribution in [0.15, 0.2) is 35.2 Å². The summed E-state index contributed by atoms with van der Waals surface area (Å²) in [5.74, 6) is 0.237. The molecule has 1 fully saturated rings. The van der Waals surface area contributed by atoms with Gasteiger partial charge in [0.15, 0.2) is 9.84 Å². The fraction of sp³-hybridized carbons (Fsp3) is 0.708. The van der Waals surface area contributed by atoms with Gasteiger partial charge in [0.1, 0.15) is 11.0 Å². The van der Waals surface area contributed by atoms with E-state index in [0.29, 0.717) is 30.6 Å². The zero-order valence-corrected chi connectivity index (χ0v) is 21.4. The van der Waals surface area contributed by atoms with Crippen LogP contribution in [0.5, 0.6) is 0 Å². The summed E-state index contributed by atoms with van der Waals surface area (Å²) in [6, 6.07) is 8.91. The lowest BCUT2D eigenvalue weighted by molar-refractivity contribution is 0.0284. The Hall–Kier alpha value is -1.64. The van der Waals surface area contributed by atoms with E-state index < -0.39 is 20.8 Å². The third-order valence-corrected chi connectivity index (χ3v) is 7.92. The van der Waals surface area contributed by atoms with Crippen LogP contribution in [0.25, 0.3) is 0 Å². The van der Waals surface area contributed by atoms with Gasteiger partial charge in [0, 0.05) is 32.2 Å². The van der Waals surface area contributed by atoms with Gasteiger partial charge in [-0.1, -0.05) is 45.9 Å². The molecule has 1 aliphatic heterocycles. The van der Waals surface area contributed by atoms with E-state index in [0.717, 1.165) is 6.54 Å². The lowest BCUT2D eigenvalue weighted by atomic mass is 9.95. The molecule has 0 spiro atoms. The van der Waals surface area contributed by atoms with Gasteiger partial charge in [-0.2, -0.15) is 0 Å². The first kappa shape index (κ1) is 26.6. The zero-order valence-electron chi connectivity index (χ0n) is 20.6. The van der Waals surface area contributed by atoms with Gasteiger partial charge in [-0.25, -0.2) is 13.2 Å². The highest BCUT2D eigenvalue weighted by molar-refractivity contribution is 7.92. The average Bonchev–Trinajstić information content (AvgIpc) is 3.09. The second-order valence-corrected chi connectivity index (χ2v) is 12.5. The zero-order chi connectivity index (χ0) is 24.1. The second-order valence-electron chi connectivity index (χ2n) is 10.4. The lowest BCUT2D eigenvalue weighted by Gasteiger charge is -2.26. The minimum absolute atomic E-state index is 0.101. The van der Waals surface area contributed by atoms with Crippen molar-refractivity contribution in [2.24, 2.45) is 17.8 Å². The molecule has 1 aliphatic rings. The molecule has 0 aromatic heterocycles. The Morgan fingerprint density at radius 2 is 1.56 bits per heavy atom. The van der Waals surface area contributed by atoms with Crippen molar-refractivity contribution in [1.82, 2.24) is 15.5 Å². The lowest BCUT2D eigenvalue weighted by Crippen LogP contribution is -2.45. The first-order valence-electron chi connectivity index (χ1n) is 11.5. The van der Waals surface area contributed by atoms with Crippen molar-refractivity contribution in [3.8, 4) is 0 Å². The SMILES string of the molecule is CC(C)NC[C@@H]1CN(C(=O)OC(C)(C)C)C[C@@H]1CNC(C(C)C)S(=O)(=O)c1ccccc1. The quantitative estimate of drug-likeness (QED) is 0.578. The summed E-state index contributed by atoms with van der Waals surface area (Å²) in [6.45, 7) is 16.0. The maximum atomic E-state index is 13.2. The molecule has 1 saturated heterocycles. The third kappa shape index (κ3) is 7.46. The van der Waals surface area contributed by atoms with E-state index in [1.807, 2.05) is 40.7 Å². The van der Waals surface area contributed by atoms with E-state index in [1.54, 1.807) is 29.2 Å². The van der Waals surface area contributed by atoms with Crippen molar-refractivity contribution in [3.63, 3.8) is 0 Å². The molecular weight excluding hydrogens is 426 g/mol. The van der Waals surface area contributed by atoms with Crippen molar-refractivity contribution in [2.75, 3.05) is 26.2 Å². The van der Waals surface area contributed by atoms with Crippen LogP contribution in [-0.4, -0.2) is 62.6 Å². The van der Waals surface area contributed by atoms with Crippen molar-refractivity contribution in [2.45, 2.75) is 70.4 Å². The third-order valence-electron chi connectivity index (χ3n) is 5.61. The van der Waals surface area contributed by atoms with E-state index in [-0.39, 0.29) is 23.8 Å². The molecule has 3 atom stereocenters. The molecule has 1 aromatic rings. The molecule has 0 saturated carbocycles. The minimum Gasteiger partial charge on any atom is -0.444 e. The Morgan fingerprint density at radius 1 is 1.03 bits per heavy atom. The maximum absolute atomic E-state index is 13.2. The first-order valence-corrected chi connectivity index (χ1v) is 13.1. The van der Waals surface area contributed by atoms with Gasteiger partial charge in [-0.3, -0.25) is 0 Å². The number of sulfone groups is 1. The number of carbonyl (C=O) groups excluding carboxylic acids is 1. The van der Waals surface area contributed by atoms with Gasteiger partial charge in [-0.05, 0) is 50.7 Å². The highest BCUT2D eigenvalue weighted by atomic mass is 32.2. The van der Waals surface area contributed by atoms with Gasteiger partial charge in [-0.15, -0.1) is 0 Å². The van der Waals surface area contributed by atoms with E-state index in [2.05, 4.69) is 24.5 Å². The number of likely N-dealkylation sites (tertiary alicyclic amines) is 1. The van der Waals surface area contributed by atoms with Crippen LogP contribution < -0.4 is 10.6 Å². The Morgan fingerprint density at radius 3 is 2.03 bits per heavy atom. The summed E-state index contributed by atoms with van der Waals surface area (Å²) in [5.41, 5.74) is -0.550. The van der Waals surface area contributed by atoms with Crippen LogP contribution >= 0.6 is 0 Å². The van der Waals surface area contributed by atoms with Gasteiger partial charge < -0.3 is 20.3 Å². The van der Waals surface area contributed by atoms with Crippen LogP contribution in [-0.2, 0) is 14.6 Å². The largest absolute Gasteiger partial charge is 0.444 e. The molecule has 1 unspecified atom stereocenters. The molecule has 0 aliphatic carbocycles. The standard InChI is InChI=1S/C24H41N3O4S/c1-17(2)22(32(29,30)21-11-9-8-10-12-21)26-14-20-16-27(23(28)31-24(5,6)7)15-19(20)13-25-18(3)4/h8-12,17-20,22,25-26H,13-16H2,1-7H3/t19-,20+,22?/m1/s1. The molecule has 2 N–H and O–H groups in total. The average molecular weight is 468 g/mol. The van der Waals surface area contributed by atoms with Crippen LogP contribution in [0.1, 0.15) is 48.5 Å². The van der Waals surface area contributed by atoms with Crippen LogP contribution in [0.4, 0.5) is 4.79 Å². The smallest absolute Gasteiger partial charge is 0.410 e. The molecule has 2 rings (SSSR count). The topological polar surface area (TPSA) is 87.7 Å². The summed E-state index contributed by atoms with van der Waals surface area (Å²) in [6.07, 6.45) is -0.313. The molecule has 182 valence electrons. The fourth-order valence-electron chi connectivity index (χ4n) is 3.99. The molecule has 0 bridgehead atoms. The van der Waals surface area contributed by atoms with Gasteiger partial charge in [0.2, 0.25) is 0 Å². The first-order chi connectivity index (χ1) is 14.8. The Labute approximate surface area is 194 Å². The Kier molecular flexibility index (Phi) is 9.14. The van der Waals surface area contributed by atoms with Crippen molar-refractivity contribution >= 4 is 15.9 Å². The molecule has 1 heterocycles. The highest BCUT2D eigenvalue weighted by Crippen LogP contribution is 2.26. The number of carbonyl (C=O) groups is 1. The molecule has 8 heteroatoms. The number of amides is 1. The number of benzene rings is 1. The van der Waals surface area contributed by atoms with E-state index in [4.69, 9.17) is 4.74 Å². The minimum atomic E-state index is -3.52. The number of hydrogen-bond donors (Lipinski definition) is 2. The van der Waals surface area contributed by atoms with Crippen LogP contribution in [0.2, 0.25) is 0 Å². The number of nitrogens with zero attached hydrogens (tertiary/aromatic N) is 1. The monoisotopic (exact) mass is 467 g/mol. The Balaban J connectivity index is 2.14. The van der Waals surface area contributed by atoms with E-state index in [1.165, 1.54) is 0 Å². The van der Waals surface area contributed by atoms with Gasteiger partial charge in [0.05, 0.1) is 4.90 Å². The van der Waals surface area contributed by atoms with E-state index >= 15 is 0 Å². The second kappa shape index (κ2) is 11.0. The maximum Gasteiger partial charge on any atom is 0.410 e. The molecule has 0 radical (unpaired) electrons. The number of hydrogen-bond acceptors (Lipinski definition) is 6. The summed E-state index contributed by atoms with van der Waals surface area (Å²) < 4.78 is 32.1. The normalized spacial score (nSPS) is 20.7. The molecule has 1 aromatic carbocycles. The highest BCUT2D eigenvalue weighted by Gasteiger charge is 2.38. The van der Waals surface area contributed by atoms with Crippen molar-refractivity contribution in [1.29, 1.82) is 0 Å². The predicted octanol–water partition coefficient (Wildman–Crippen LogP) is 3.51. The molecule has 7 nitrogen and oxygen atoms in total. The summed E-state index contributed by atoms with van der Waals surface area (Å²) in [4.78, 5) is 14.7. The molecular formula is C24H41N3O4S.